The average Bonchev–Trinajstić information content (AvgIpc) is 2.80. The zero-order chi connectivity index (χ0) is 13.7. The Bertz CT molecular complexity index is 339. The maximum absolute atomic E-state index is 11.8. The van der Waals surface area contributed by atoms with Gasteiger partial charge < -0.3 is 20.6 Å². The molecule has 0 saturated carbocycles. The third-order valence-electron chi connectivity index (χ3n) is 2.92. The van der Waals surface area contributed by atoms with Gasteiger partial charge in [-0.3, -0.25) is 14.4 Å². The van der Waals surface area contributed by atoms with E-state index in [0.29, 0.717) is 0 Å². The minimum atomic E-state index is -1.13. The quantitative estimate of drug-likeness (QED) is 0.648. The molecule has 0 radical (unpaired) electrons. The van der Waals surface area contributed by atoms with Crippen molar-refractivity contribution in [2.24, 2.45) is 5.73 Å². The first kappa shape index (κ1) is 14.4. The standard InChI is InChI=1S/C11H19N3O4/c1-13(11(18)8(12)6-10(16)17)7-9(15)14-4-2-3-5-14/h8H,2-7,12H2,1H3,(H,16,17). The van der Waals surface area contributed by atoms with Gasteiger partial charge >= 0.3 is 5.97 Å². The number of likely N-dealkylation sites (tertiary alicyclic amines) is 1. The van der Waals surface area contributed by atoms with Crippen molar-refractivity contribution < 1.29 is 19.5 Å². The van der Waals surface area contributed by atoms with E-state index in [0.717, 1.165) is 25.9 Å². The predicted octanol–water partition coefficient (Wildman–Crippen LogP) is -1.13. The largest absolute Gasteiger partial charge is 0.481 e. The molecule has 3 N–H and O–H groups in total. The summed E-state index contributed by atoms with van der Waals surface area (Å²) in [4.78, 5) is 36.8. The molecule has 2 amide bonds. The molecule has 0 aromatic carbocycles. The molecule has 1 unspecified atom stereocenters. The third-order valence-corrected chi connectivity index (χ3v) is 2.92. The van der Waals surface area contributed by atoms with E-state index in [2.05, 4.69) is 0 Å². The Labute approximate surface area is 106 Å². The lowest BCUT2D eigenvalue weighted by Gasteiger charge is -2.23. The van der Waals surface area contributed by atoms with Crippen LogP contribution in [0.25, 0.3) is 0 Å². The van der Waals surface area contributed by atoms with Crippen LogP contribution in [0.2, 0.25) is 0 Å². The molecule has 0 aromatic heterocycles. The normalized spacial score (nSPS) is 16.4. The van der Waals surface area contributed by atoms with E-state index in [1.54, 1.807) is 4.90 Å². The summed E-state index contributed by atoms with van der Waals surface area (Å²) in [7, 11) is 1.46. The van der Waals surface area contributed by atoms with Crippen LogP contribution in [0.15, 0.2) is 0 Å². The Kier molecular flexibility index (Phi) is 5.08. The van der Waals surface area contributed by atoms with Crippen molar-refractivity contribution in [3.8, 4) is 0 Å². The Hall–Kier alpha value is -1.63. The highest BCUT2D eigenvalue weighted by atomic mass is 16.4. The summed E-state index contributed by atoms with van der Waals surface area (Å²) in [5.74, 6) is -1.77. The molecule has 0 bridgehead atoms. The first-order valence-electron chi connectivity index (χ1n) is 5.92. The maximum Gasteiger partial charge on any atom is 0.305 e. The Balaban J connectivity index is 2.43. The van der Waals surface area contributed by atoms with Gasteiger partial charge in [-0.1, -0.05) is 0 Å². The van der Waals surface area contributed by atoms with Crippen molar-refractivity contribution in [2.75, 3.05) is 26.7 Å². The molecule has 1 aliphatic rings. The molecule has 1 saturated heterocycles. The second-order valence-electron chi connectivity index (χ2n) is 4.49. The van der Waals surface area contributed by atoms with Crippen LogP contribution in [0.5, 0.6) is 0 Å². The van der Waals surface area contributed by atoms with Crippen LogP contribution < -0.4 is 5.73 Å². The highest BCUT2D eigenvalue weighted by molar-refractivity contribution is 5.89. The fourth-order valence-electron chi connectivity index (χ4n) is 1.91. The molecule has 1 aliphatic heterocycles. The molecule has 0 aliphatic carbocycles. The predicted molar refractivity (Wildman–Crippen MR) is 63.7 cm³/mol. The smallest absolute Gasteiger partial charge is 0.305 e. The Morgan fingerprint density at radius 1 is 1.33 bits per heavy atom. The van der Waals surface area contributed by atoms with Crippen LogP contribution in [0.1, 0.15) is 19.3 Å². The van der Waals surface area contributed by atoms with Crippen molar-refractivity contribution in [2.45, 2.75) is 25.3 Å². The molecule has 1 rings (SSSR count). The molecular formula is C11H19N3O4. The molecular weight excluding hydrogens is 238 g/mol. The number of carboxylic acids is 1. The Morgan fingerprint density at radius 3 is 2.39 bits per heavy atom. The van der Waals surface area contributed by atoms with Crippen molar-refractivity contribution in [3.05, 3.63) is 0 Å². The molecule has 0 spiro atoms. The zero-order valence-electron chi connectivity index (χ0n) is 10.5. The summed E-state index contributed by atoms with van der Waals surface area (Å²) < 4.78 is 0. The number of likely N-dealkylation sites (N-methyl/N-ethyl adjacent to an activating group) is 1. The second kappa shape index (κ2) is 6.34. The van der Waals surface area contributed by atoms with E-state index in [-0.39, 0.29) is 12.5 Å². The van der Waals surface area contributed by atoms with Crippen LogP contribution >= 0.6 is 0 Å². The molecule has 0 aromatic rings. The highest BCUT2D eigenvalue weighted by Crippen LogP contribution is 2.08. The molecule has 102 valence electrons. The number of carbonyl (C=O) groups excluding carboxylic acids is 2. The van der Waals surface area contributed by atoms with Gasteiger partial charge in [0.25, 0.3) is 0 Å². The van der Waals surface area contributed by atoms with E-state index in [1.807, 2.05) is 0 Å². The molecule has 7 nitrogen and oxygen atoms in total. The van der Waals surface area contributed by atoms with Crippen molar-refractivity contribution >= 4 is 17.8 Å². The van der Waals surface area contributed by atoms with E-state index in [1.165, 1.54) is 11.9 Å². The van der Waals surface area contributed by atoms with Gasteiger partial charge in [0.15, 0.2) is 0 Å². The summed E-state index contributed by atoms with van der Waals surface area (Å²) in [6.07, 6.45) is 1.55. The number of hydrogen-bond acceptors (Lipinski definition) is 4. The summed E-state index contributed by atoms with van der Waals surface area (Å²) in [5, 5.41) is 8.54. The van der Waals surface area contributed by atoms with Gasteiger partial charge in [-0.2, -0.15) is 0 Å². The van der Waals surface area contributed by atoms with Gasteiger partial charge in [0.05, 0.1) is 19.0 Å². The van der Waals surface area contributed by atoms with Crippen LogP contribution in [-0.4, -0.2) is 65.4 Å². The van der Waals surface area contributed by atoms with Crippen LogP contribution in [0.4, 0.5) is 0 Å². The number of nitrogens with two attached hydrogens (primary N) is 1. The number of nitrogens with zero attached hydrogens (tertiary/aromatic N) is 2. The van der Waals surface area contributed by atoms with Gasteiger partial charge in [0.1, 0.15) is 0 Å². The summed E-state index contributed by atoms with van der Waals surface area (Å²) >= 11 is 0. The van der Waals surface area contributed by atoms with E-state index in [9.17, 15) is 14.4 Å². The van der Waals surface area contributed by atoms with Gasteiger partial charge in [-0.25, -0.2) is 0 Å². The van der Waals surface area contributed by atoms with Gasteiger partial charge in [0.2, 0.25) is 11.8 Å². The second-order valence-corrected chi connectivity index (χ2v) is 4.49. The lowest BCUT2D eigenvalue weighted by Crippen LogP contribution is -2.47. The van der Waals surface area contributed by atoms with E-state index >= 15 is 0 Å². The van der Waals surface area contributed by atoms with Crippen molar-refractivity contribution in [1.29, 1.82) is 0 Å². The minimum absolute atomic E-state index is 0.0495. The first-order valence-corrected chi connectivity index (χ1v) is 5.92. The molecule has 7 heteroatoms. The number of carboxylic acid groups (broad SMARTS) is 1. The minimum Gasteiger partial charge on any atom is -0.481 e. The number of aliphatic carboxylic acids is 1. The number of amides is 2. The summed E-state index contributed by atoms with van der Waals surface area (Å²) in [5.41, 5.74) is 5.45. The Morgan fingerprint density at radius 2 is 1.89 bits per heavy atom. The lowest BCUT2D eigenvalue weighted by molar-refractivity contribution is -0.143. The van der Waals surface area contributed by atoms with Gasteiger partial charge in [0, 0.05) is 20.1 Å². The van der Waals surface area contributed by atoms with Crippen molar-refractivity contribution in [1.82, 2.24) is 9.80 Å². The lowest BCUT2D eigenvalue weighted by atomic mass is 10.2. The number of hydrogen-bond donors (Lipinski definition) is 2. The van der Waals surface area contributed by atoms with Crippen LogP contribution in [0, 0.1) is 0 Å². The highest BCUT2D eigenvalue weighted by Gasteiger charge is 2.25. The molecule has 18 heavy (non-hydrogen) atoms. The molecule has 1 heterocycles. The summed E-state index contributed by atoms with van der Waals surface area (Å²) in [6.45, 7) is 1.40. The SMILES string of the molecule is CN(CC(=O)N1CCCC1)C(=O)C(N)CC(=O)O. The van der Waals surface area contributed by atoms with E-state index < -0.39 is 24.3 Å². The summed E-state index contributed by atoms with van der Waals surface area (Å²) in [6, 6.07) is -1.10. The fraction of sp³-hybridized carbons (Fsp3) is 0.727. The van der Waals surface area contributed by atoms with Gasteiger partial charge in [-0.05, 0) is 12.8 Å². The van der Waals surface area contributed by atoms with Crippen LogP contribution in [-0.2, 0) is 14.4 Å². The molecule has 1 fully saturated rings. The molecule has 1 atom stereocenters. The first-order chi connectivity index (χ1) is 8.41. The average molecular weight is 257 g/mol. The monoisotopic (exact) mass is 257 g/mol. The fourth-order valence-corrected chi connectivity index (χ4v) is 1.91. The van der Waals surface area contributed by atoms with Crippen LogP contribution in [0.3, 0.4) is 0 Å². The number of carbonyl (C=O) groups is 3. The van der Waals surface area contributed by atoms with E-state index in [4.69, 9.17) is 10.8 Å². The maximum atomic E-state index is 11.8. The third kappa shape index (κ3) is 3.99. The topological polar surface area (TPSA) is 104 Å². The zero-order valence-corrected chi connectivity index (χ0v) is 10.5. The number of rotatable bonds is 5. The van der Waals surface area contributed by atoms with Gasteiger partial charge in [-0.15, -0.1) is 0 Å². The van der Waals surface area contributed by atoms with Crippen molar-refractivity contribution in [3.63, 3.8) is 0 Å².